The molecule has 1 heterocycles. The Morgan fingerprint density at radius 2 is 1.78 bits per heavy atom. The highest BCUT2D eigenvalue weighted by Gasteiger charge is 2.27. The summed E-state index contributed by atoms with van der Waals surface area (Å²) in [5.41, 5.74) is 0. The number of rotatable bonds is 5. The molecule has 1 fully saturated rings. The summed E-state index contributed by atoms with van der Waals surface area (Å²) in [5, 5.41) is 3.39. The van der Waals surface area contributed by atoms with Crippen molar-refractivity contribution in [2.75, 3.05) is 33.7 Å². The van der Waals surface area contributed by atoms with Gasteiger partial charge in [-0.05, 0) is 52.6 Å². The van der Waals surface area contributed by atoms with Crippen molar-refractivity contribution in [2.45, 2.75) is 45.7 Å². The summed E-state index contributed by atoms with van der Waals surface area (Å²) in [7, 11) is 3.67. The van der Waals surface area contributed by atoms with Gasteiger partial charge in [0.25, 0.3) is 0 Å². The van der Waals surface area contributed by atoms with Gasteiger partial charge in [0.05, 0.1) is 6.04 Å². The molecule has 1 amide bonds. The molecule has 1 rings (SSSR count). The van der Waals surface area contributed by atoms with E-state index in [1.807, 2.05) is 21.0 Å². The fourth-order valence-electron chi connectivity index (χ4n) is 2.69. The molecule has 0 spiro atoms. The standard InChI is InChI=1S/C14H29N3O/c1-11(2)17(12(3)14(18)16(4)5)10-13-6-8-15-9-7-13/h11-13,15H,6-10H2,1-5H3. The summed E-state index contributed by atoms with van der Waals surface area (Å²) in [6.45, 7) is 9.67. The largest absolute Gasteiger partial charge is 0.347 e. The highest BCUT2D eigenvalue weighted by molar-refractivity contribution is 5.80. The molecule has 0 aliphatic carbocycles. The van der Waals surface area contributed by atoms with Crippen molar-refractivity contribution in [1.29, 1.82) is 0 Å². The number of carbonyl (C=O) groups excluding carboxylic acids is 1. The van der Waals surface area contributed by atoms with Crippen LogP contribution in [0.3, 0.4) is 0 Å². The second kappa shape index (κ2) is 7.10. The molecule has 1 saturated heterocycles. The molecule has 1 aliphatic heterocycles. The first-order valence-electron chi connectivity index (χ1n) is 7.11. The van der Waals surface area contributed by atoms with E-state index in [1.165, 1.54) is 12.8 Å². The fourth-order valence-corrected chi connectivity index (χ4v) is 2.69. The van der Waals surface area contributed by atoms with Gasteiger partial charge in [-0.25, -0.2) is 0 Å². The van der Waals surface area contributed by atoms with Crippen LogP contribution in [0.1, 0.15) is 33.6 Å². The van der Waals surface area contributed by atoms with Gasteiger partial charge in [-0.2, -0.15) is 0 Å². The average molecular weight is 255 g/mol. The minimum absolute atomic E-state index is 0.0186. The minimum Gasteiger partial charge on any atom is -0.347 e. The quantitative estimate of drug-likeness (QED) is 0.801. The van der Waals surface area contributed by atoms with E-state index in [0.29, 0.717) is 6.04 Å². The lowest BCUT2D eigenvalue weighted by molar-refractivity contribution is -0.134. The number of hydrogen-bond acceptors (Lipinski definition) is 3. The fraction of sp³-hybridized carbons (Fsp3) is 0.929. The summed E-state index contributed by atoms with van der Waals surface area (Å²) < 4.78 is 0. The lowest BCUT2D eigenvalue weighted by Crippen LogP contribution is -2.50. The van der Waals surface area contributed by atoms with Crippen LogP contribution in [0.5, 0.6) is 0 Å². The Bertz CT molecular complexity index is 260. The van der Waals surface area contributed by atoms with Gasteiger partial charge >= 0.3 is 0 Å². The zero-order valence-electron chi connectivity index (χ0n) is 12.6. The minimum atomic E-state index is -0.0186. The van der Waals surface area contributed by atoms with E-state index in [1.54, 1.807) is 4.90 Å². The van der Waals surface area contributed by atoms with Crippen molar-refractivity contribution >= 4 is 5.91 Å². The Hall–Kier alpha value is -0.610. The topological polar surface area (TPSA) is 35.6 Å². The molecule has 1 N–H and O–H groups in total. The maximum atomic E-state index is 12.1. The van der Waals surface area contributed by atoms with Gasteiger partial charge in [-0.3, -0.25) is 9.69 Å². The first-order chi connectivity index (χ1) is 8.43. The van der Waals surface area contributed by atoms with Crippen LogP contribution in [0.2, 0.25) is 0 Å². The molecule has 0 bridgehead atoms. The third kappa shape index (κ3) is 4.25. The number of hydrogen-bond donors (Lipinski definition) is 1. The summed E-state index contributed by atoms with van der Waals surface area (Å²) in [6.07, 6.45) is 2.46. The number of likely N-dealkylation sites (N-methyl/N-ethyl adjacent to an activating group) is 1. The molecule has 0 aromatic carbocycles. The van der Waals surface area contributed by atoms with Gasteiger partial charge in [0.15, 0.2) is 0 Å². The normalized spacial score (nSPS) is 19.3. The summed E-state index contributed by atoms with van der Waals surface area (Å²) >= 11 is 0. The maximum Gasteiger partial charge on any atom is 0.239 e. The zero-order chi connectivity index (χ0) is 13.7. The third-order valence-corrected chi connectivity index (χ3v) is 3.89. The van der Waals surface area contributed by atoms with E-state index in [2.05, 4.69) is 24.1 Å². The van der Waals surface area contributed by atoms with E-state index < -0.39 is 0 Å². The van der Waals surface area contributed by atoms with Gasteiger partial charge in [-0.1, -0.05) is 0 Å². The van der Waals surface area contributed by atoms with Crippen molar-refractivity contribution in [3.05, 3.63) is 0 Å². The van der Waals surface area contributed by atoms with E-state index in [0.717, 1.165) is 25.6 Å². The number of amides is 1. The Kier molecular flexibility index (Phi) is 6.09. The van der Waals surface area contributed by atoms with Crippen molar-refractivity contribution in [2.24, 2.45) is 5.92 Å². The van der Waals surface area contributed by atoms with Crippen LogP contribution in [0, 0.1) is 5.92 Å². The molecular weight excluding hydrogens is 226 g/mol. The third-order valence-electron chi connectivity index (χ3n) is 3.89. The highest BCUT2D eigenvalue weighted by Crippen LogP contribution is 2.17. The molecule has 0 aromatic heterocycles. The monoisotopic (exact) mass is 255 g/mol. The smallest absolute Gasteiger partial charge is 0.239 e. The van der Waals surface area contributed by atoms with Gasteiger partial charge in [0.2, 0.25) is 5.91 Å². The average Bonchev–Trinajstić information content (AvgIpc) is 2.35. The Labute approximate surface area is 112 Å². The molecule has 0 aromatic rings. The number of nitrogens with one attached hydrogen (secondary N) is 1. The summed E-state index contributed by atoms with van der Waals surface area (Å²) in [6, 6.07) is 0.397. The first kappa shape index (κ1) is 15.4. The predicted molar refractivity (Wildman–Crippen MR) is 75.6 cm³/mol. The van der Waals surface area contributed by atoms with Crippen LogP contribution >= 0.6 is 0 Å². The van der Waals surface area contributed by atoms with Crippen molar-refractivity contribution in [3.8, 4) is 0 Å². The molecule has 1 aliphatic rings. The summed E-state index contributed by atoms with van der Waals surface area (Å²) in [5.74, 6) is 0.934. The van der Waals surface area contributed by atoms with Crippen LogP contribution in [-0.4, -0.2) is 61.5 Å². The van der Waals surface area contributed by atoms with Crippen molar-refractivity contribution in [1.82, 2.24) is 15.1 Å². The van der Waals surface area contributed by atoms with Crippen molar-refractivity contribution in [3.63, 3.8) is 0 Å². The molecule has 0 saturated carbocycles. The lowest BCUT2D eigenvalue weighted by atomic mass is 9.96. The summed E-state index contributed by atoms with van der Waals surface area (Å²) in [4.78, 5) is 16.1. The van der Waals surface area contributed by atoms with Gasteiger partial charge in [0.1, 0.15) is 0 Å². The first-order valence-corrected chi connectivity index (χ1v) is 7.11. The van der Waals surface area contributed by atoms with Gasteiger partial charge < -0.3 is 10.2 Å². The van der Waals surface area contributed by atoms with Crippen LogP contribution in [0.25, 0.3) is 0 Å². The van der Waals surface area contributed by atoms with E-state index in [-0.39, 0.29) is 11.9 Å². The molecule has 4 heteroatoms. The molecule has 106 valence electrons. The molecule has 1 atom stereocenters. The molecule has 4 nitrogen and oxygen atoms in total. The van der Waals surface area contributed by atoms with E-state index in [9.17, 15) is 4.79 Å². The Balaban J connectivity index is 2.60. The molecular formula is C14H29N3O. The number of nitrogens with zero attached hydrogens (tertiary/aromatic N) is 2. The zero-order valence-corrected chi connectivity index (χ0v) is 12.6. The van der Waals surface area contributed by atoms with Gasteiger partial charge in [-0.15, -0.1) is 0 Å². The Morgan fingerprint density at radius 3 is 2.22 bits per heavy atom. The van der Waals surface area contributed by atoms with Crippen molar-refractivity contribution < 1.29 is 4.79 Å². The van der Waals surface area contributed by atoms with E-state index >= 15 is 0 Å². The van der Waals surface area contributed by atoms with Crippen LogP contribution < -0.4 is 5.32 Å². The molecule has 1 unspecified atom stereocenters. The highest BCUT2D eigenvalue weighted by atomic mass is 16.2. The second-order valence-corrected chi connectivity index (χ2v) is 5.89. The SMILES string of the molecule is CC(C)N(CC1CCNCC1)C(C)C(=O)N(C)C. The molecule has 18 heavy (non-hydrogen) atoms. The van der Waals surface area contributed by atoms with Crippen LogP contribution in [0.15, 0.2) is 0 Å². The second-order valence-electron chi connectivity index (χ2n) is 5.89. The van der Waals surface area contributed by atoms with Gasteiger partial charge in [0, 0.05) is 26.7 Å². The lowest BCUT2D eigenvalue weighted by Gasteiger charge is -2.37. The van der Waals surface area contributed by atoms with Crippen LogP contribution in [0.4, 0.5) is 0 Å². The van der Waals surface area contributed by atoms with Crippen LogP contribution in [-0.2, 0) is 4.79 Å². The predicted octanol–water partition coefficient (Wildman–Crippen LogP) is 1.17. The number of piperidine rings is 1. The van der Waals surface area contributed by atoms with E-state index in [4.69, 9.17) is 0 Å². The Morgan fingerprint density at radius 1 is 1.22 bits per heavy atom. The number of carbonyl (C=O) groups is 1. The maximum absolute atomic E-state index is 12.1. The molecule has 0 radical (unpaired) electrons.